The highest BCUT2D eigenvalue weighted by Gasteiger charge is 2.60. The van der Waals surface area contributed by atoms with Gasteiger partial charge in [0.25, 0.3) is 0 Å². The Morgan fingerprint density at radius 1 is 0.684 bits per heavy atom. The lowest BCUT2D eigenvalue weighted by molar-refractivity contribution is -0.197. The number of hydrogen-bond acceptors (Lipinski definition) is 6. The van der Waals surface area contributed by atoms with Gasteiger partial charge in [0, 0.05) is 17.8 Å². The van der Waals surface area contributed by atoms with Crippen molar-refractivity contribution in [2.45, 2.75) is 130 Å². The Kier molecular flexibility index (Phi) is 6.91. The predicted octanol–water partition coefficient (Wildman–Crippen LogP) is 6.23. The summed E-state index contributed by atoms with van der Waals surface area (Å²) < 4.78 is 11.8. The lowest BCUT2D eigenvalue weighted by atomic mass is 9.53. The third-order valence-corrected chi connectivity index (χ3v) is 11.4. The van der Waals surface area contributed by atoms with Gasteiger partial charge in [-0.25, -0.2) is 0 Å². The maximum absolute atomic E-state index is 12.6. The number of Topliss-reactive ketones (excluding diaryl/α,β-unsaturated/α-hetero) is 2. The van der Waals surface area contributed by atoms with Crippen LogP contribution in [0.15, 0.2) is 0 Å². The van der Waals surface area contributed by atoms with Gasteiger partial charge in [0.05, 0.1) is 10.8 Å². The SMILES string of the molecule is CCC(C)(C)C(=O)OC12CC3CC(C1)C(=O)C(C3)C2.CCC(C)(C)C(=O)OC12CC3CC(CC(C3)C1=O)C2. The lowest BCUT2D eigenvalue weighted by Crippen LogP contribution is -2.60. The maximum atomic E-state index is 12.6. The van der Waals surface area contributed by atoms with E-state index in [1.54, 1.807) is 0 Å². The van der Waals surface area contributed by atoms with E-state index in [4.69, 9.17) is 9.47 Å². The molecule has 8 bridgehead atoms. The highest BCUT2D eigenvalue weighted by molar-refractivity contribution is 5.94. The first-order valence-corrected chi connectivity index (χ1v) is 15.3. The molecule has 4 atom stereocenters. The molecule has 8 aliphatic carbocycles. The molecule has 6 heteroatoms. The molecule has 0 N–H and O–H groups in total. The Labute approximate surface area is 228 Å². The Bertz CT molecular complexity index is 971. The molecule has 8 saturated carbocycles. The zero-order valence-corrected chi connectivity index (χ0v) is 24.4. The van der Waals surface area contributed by atoms with E-state index in [-0.39, 0.29) is 41.1 Å². The van der Waals surface area contributed by atoms with E-state index < -0.39 is 16.4 Å². The minimum Gasteiger partial charge on any atom is -0.459 e. The number of hydrogen-bond donors (Lipinski definition) is 0. The van der Waals surface area contributed by atoms with Gasteiger partial charge in [-0.05, 0) is 122 Å². The molecule has 38 heavy (non-hydrogen) atoms. The fourth-order valence-electron chi connectivity index (χ4n) is 8.57. The Morgan fingerprint density at radius 2 is 1.13 bits per heavy atom. The van der Waals surface area contributed by atoms with Crippen molar-refractivity contribution < 1.29 is 28.7 Å². The third kappa shape index (κ3) is 4.76. The number of carbonyl (C=O) groups excluding carboxylic acids is 4. The van der Waals surface area contributed by atoms with Crippen molar-refractivity contribution in [1.29, 1.82) is 0 Å². The number of ketones is 2. The second-order valence-corrected chi connectivity index (χ2v) is 15.1. The topological polar surface area (TPSA) is 86.7 Å². The van der Waals surface area contributed by atoms with Gasteiger partial charge in [-0.15, -0.1) is 0 Å². The van der Waals surface area contributed by atoms with Crippen LogP contribution in [0.3, 0.4) is 0 Å². The van der Waals surface area contributed by atoms with Crippen molar-refractivity contribution in [3.63, 3.8) is 0 Å². The van der Waals surface area contributed by atoms with Crippen LogP contribution in [-0.4, -0.2) is 34.7 Å². The maximum Gasteiger partial charge on any atom is 0.312 e. The van der Waals surface area contributed by atoms with Crippen LogP contribution in [0.1, 0.15) is 119 Å². The van der Waals surface area contributed by atoms with Crippen molar-refractivity contribution in [1.82, 2.24) is 0 Å². The molecule has 8 rings (SSSR count). The van der Waals surface area contributed by atoms with Gasteiger partial charge >= 0.3 is 11.9 Å². The summed E-state index contributed by atoms with van der Waals surface area (Å²) in [6, 6.07) is 0. The van der Waals surface area contributed by atoms with Gasteiger partial charge in [-0.1, -0.05) is 13.8 Å². The monoisotopic (exact) mass is 528 g/mol. The molecular weight excluding hydrogens is 480 g/mol. The normalized spacial score (nSPS) is 40.6. The Balaban J connectivity index is 0.000000155. The molecule has 0 aliphatic heterocycles. The van der Waals surface area contributed by atoms with Crippen molar-refractivity contribution in [2.75, 3.05) is 0 Å². The van der Waals surface area contributed by atoms with E-state index in [2.05, 4.69) is 0 Å². The standard InChI is InChI=1S/2C16H24O3/c1-4-15(2,3)14(18)19-16-8-10-5-11(9-16)7-12(6-10)13(16)17;1-4-15(2,3)14(18)19-16-7-10-5-11(8-16)13(17)12(6-10)9-16/h2*10-12H,4-9H2,1-3H3. The van der Waals surface area contributed by atoms with E-state index in [1.165, 1.54) is 6.42 Å². The molecule has 0 aromatic heterocycles. The van der Waals surface area contributed by atoms with E-state index in [9.17, 15) is 19.2 Å². The number of rotatable bonds is 6. The van der Waals surface area contributed by atoms with Gasteiger partial charge in [-0.3, -0.25) is 19.2 Å². The van der Waals surface area contributed by atoms with Crippen LogP contribution in [0.4, 0.5) is 0 Å². The van der Waals surface area contributed by atoms with E-state index in [0.29, 0.717) is 23.5 Å². The minimum atomic E-state index is -0.752. The molecule has 0 saturated heterocycles. The second-order valence-electron chi connectivity index (χ2n) is 15.1. The zero-order valence-electron chi connectivity index (χ0n) is 24.4. The van der Waals surface area contributed by atoms with Crippen LogP contribution in [0, 0.1) is 46.3 Å². The van der Waals surface area contributed by atoms with Gasteiger partial charge in [0.15, 0.2) is 11.4 Å². The van der Waals surface area contributed by atoms with Crippen LogP contribution in [-0.2, 0) is 28.7 Å². The molecule has 0 aromatic carbocycles. The van der Waals surface area contributed by atoms with Crippen molar-refractivity contribution >= 4 is 23.5 Å². The summed E-state index contributed by atoms with van der Waals surface area (Å²) in [4.78, 5) is 49.4. The first-order chi connectivity index (χ1) is 17.7. The molecular formula is C32H48O6. The van der Waals surface area contributed by atoms with Gasteiger partial charge in [-0.2, -0.15) is 0 Å². The summed E-state index contributed by atoms with van der Waals surface area (Å²) in [5, 5.41) is 0. The first kappa shape index (κ1) is 27.8. The third-order valence-electron chi connectivity index (χ3n) is 11.4. The van der Waals surface area contributed by atoms with Crippen LogP contribution in [0.25, 0.3) is 0 Å². The zero-order chi connectivity index (χ0) is 27.7. The molecule has 0 amide bonds. The van der Waals surface area contributed by atoms with Gasteiger partial charge < -0.3 is 9.47 Å². The fraction of sp³-hybridized carbons (Fsp3) is 0.875. The molecule has 0 radical (unpaired) electrons. The number of carbonyl (C=O) groups is 4. The molecule has 212 valence electrons. The van der Waals surface area contributed by atoms with Crippen LogP contribution in [0.5, 0.6) is 0 Å². The number of ether oxygens (including phenoxy) is 2. The Morgan fingerprint density at radius 3 is 1.63 bits per heavy atom. The van der Waals surface area contributed by atoms with Crippen LogP contribution >= 0.6 is 0 Å². The summed E-state index contributed by atoms with van der Waals surface area (Å²) in [5.74, 6) is 2.72. The van der Waals surface area contributed by atoms with E-state index in [0.717, 1.165) is 70.6 Å². The van der Waals surface area contributed by atoms with Crippen molar-refractivity contribution in [3.8, 4) is 0 Å². The molecule has 0 aromatic rings. The molecule has 4 unspecified atom stereocenters. The summed E-state index contributed by atoms with van der Waals surface area (Å²) in [5.41, 5.74) is -1.96. The van der Waals surface area contributed by atoms with Gasteiger partial charge in [0.2, 0.25) is 0 Å². The first-order valence-electron chi connectivity index (χ1n) is 15.3. The van der Waals surface area contributed by atoms with Crippen molar-refractivity contribution in [3.05, 3.63) is 0 Å². The largest absolute Gasteiger partial charge is 0.459 e. The molecule has 6 nitrogen and oxygen atoms in total. The smallest absolute Gasteiger partial charge is 0.312 e. The molecule has 8 fully saturated rings. The summed E-state index contributed by atoms with van der Waals surface area (Å²) in [6.07, 6.45) is 11.0. The quantitative estimate of drug-likeness (QED) is 0.380. The highest BCUT2D eigenvalue weighted by Crippen LogP contribution is 2.57. The van der Waals surface area contributed by atoms with Crippen molar-refractivity contribution in [2.24, 2.45) is 46.3 Å². The van der Waals surface area contributed by atoms with E-state index in [1.807, 2.05) is 41.5 Å². The molecule has 0 heterocycles. The van der Waals surface area contributed by atoms with Crippen LogP contribution < -0.4 is 0 Å². The van der Waals surface area contributed by atoms with Gasteiger partial charge in [0.1, 0.15) is 11.4 Å². The summed E-state index contributed by atoms with van der Waals surface area (Å²) in [6.45, 7) is 11.7. The van der Waals surface area contributed by atoms with Crippen LogP contribution in [0.2, 0.25) is 0 Å². The van der Waals surface area contributed by atoms with E-state index >= 15 is 0 Å². The second kappa shape index (κ2) is 9.44. The number of esters is 2. The average Bonchev–Trinajstić information content (AvgIpc) is 2.84. The Hall–Kier alpha value is -1.72. The fourth-order valence-corrected chi connectivity index (χ4v) is 8.57. The summed E-state index contributed by atoms with van der Waals surface area (Å²) >= 11 is 0. The summed E-state index contributed by atoms with van der Waals surface area (Å²) in [7, 11) is 0. The molecule has 8 aliphatic rings. The molecule has 0 spiro atoms. The lowest BCUT2D eigenvalue weighted by Gasteiger charge is -2.55. The minimum absolute atomic E-state index is 0.0793. The highest BCUT2D eigenvalue weighted by atomic mass is 16.6. The predicted molar refractivity (Wildman–Crippen MR) is 143 cm³/mol. The average molecular weight is 529 g/mol.